The molecule has 4 nitrogen and oxygen atoms in total. The molecule has 1 amide bonds. The first-order chi connectivity index (χ1) is 8.90. The number of pyridine rings is 1. The van der Waals surface area contributed by atoms with Crippen LogP contribution >= 0.6 is 23.2 Å². The molecule has 1 saturated heterocycles. The molecule has 19 heavy (non-hydrogen) atoms. The van der Waals surface area contributed by atoms with Gasteiger partial charge in [0.2, 0.25) is 0 Å². The summed E-state index contributed by atoms with van der Waals surface area (Å²) in [6.45, 7) is 3.64. The summed E-state index contributed by atoms with van der Waals surface area (Å²) in [6.07, 6.45) is 1.48. The zero-order valence-corrected chi connectivity index (χ0v) is 12.7. The Balaban J connectivity index is 2.15. The van der Waals surface area contributed by atoms with Crippen LogP contribution in [0.4, 0.5) is 0 Å². The molecule has 2 atom stereocenters. The average molecular weight is 302 g/mol. The van der Waals surface area contributed by atoms with Gasteiger partial charge < -0.3 is 9.80 Å². The summed E-state index contributed by atoms with van der Waals surface area (Å²) >= 11 is 11.7. The van der Waals surface area contributed by atoms with E-state index < -0.39 is 0 Å². The summed E-state index contributed by atoms with van der Waals surface area (Å²) < 4.78 is 0. The number of likely N-dealkylation sites (N-methyl/N-ethyl adjacent to an activating group) is 1. The molecule has 6 heteroatoms. The van der Waals surface area contributed by atoms with E-state index in [-0.39, 0.29) is 11.1 Å². The number of amides is 1. The van der Waals surface area contributed by atoms with Gasteiger partial charge in [0.05, 0.1) is 10.6 Å². The number of hydrogen-bond donors (Lipinski definition) is 0. The van der Waals surface area contributed by atoms with Crippen LogP contribution in [0, 0.1) is 5.92 Å². The molecule has 1 fully saturated rings. The van der Waals surface area contributed by atoms with Gasteiger partial charge in [-0.3, -0.25) is 4.79 Å². The molecule has 0 radical (unpaired) electrons. The van der Waals surface area contributed by atoms with Crippen LogP contribution in [0.1, 0.15) is 17.3 Å². The molecule has 0 aliphatic carbocycles. The molecule has 0 spiro atoms. The van der Waals surface area contributed by atoms with Crippen molar-refractivity contribution in [2.75, 3.05) is 27.2 Å². The first-order valence-electron chi connectivity index (χ1n) is 6.17. The van der Waals surface area contributed by atoms with Crippen LogP contribution in [-0.4, -0.2) is 53.9 Å². The number of likely N-dealkylation sites (tertiary alicyclic amines) is 1. The molecule has 0 N–H and O–H groups in total. The highest BCUT2D eigenvalue weighted by molar-refractivity contribution is 6.41. The third kappa shape index (κ3) is 3.02. The van der Waals surface area contributed by atoms with Crippen LogP contribution in [-0.2, 0) is 0 Å². The van der Waals surface area contributed by atoms with Crippen molar-refractivity contribution in [3.63, 3.8) is 0 Å². The fraction of sp³-hybridized carbons (Fsp3) is 0.538. The van der Waals surface area contributed by atoms with Crippen LogP contribution in [0.2, 0.25) is 10.2 Å². The van der Waals surface area contributed by atoms with Crippen LogP contribution < -0.4 is 0 Å². The summed E-state index contributed by atoms with van der Waals surface area (Å²) in [5.41, 5.74) is 0.487. The van der Waals surface area contributed by atoms with Crippen molar-refractivity contribution < 1.29 is 4.79 Å². The lowest BCUT2D eigenvalue weighted by Crippen LogP contribution is -2.35. The van der Waals surface area contributed by atoms with Gasteiger partial charge in [0.25, 0.3) is 5.91 Å². The van der Waals surface area contributed by atoms with Crippen molar-refractivity contribution in [3.05, 3.63) is 28.0 Å². The number of carbonyl (C=O) groups is 1. The summed E-state index contributed by atoms with van der Waals surface area (Å²) in [7, 11) is 4.08. The van der Waals surface area contributed by atoms with E-state index in [2.05, 4.69) is 16.8 Å². The molecule has 1 aliphatic heterocycles. The molecular weight excluding hydrogens is 285 g/mol. The maximum absolute atomic E-state index is 12.4. The monoisotopic (exact) mass is 301 g/mol. The molecule has 0 saturated carbocycles. The Bertz CT molecular complexity index is 493. The minimum absolute atomic E-state index is 0.0396. The van der Waals surface area contributed by atoms with Gasteiger partial charge in [-0.05, 0) is 26.1 Å². The van der Waals surface area contributed by atoms with Crippen LogP contribution in [0.3, 0.4) is 0 Å². The molecule has 0 bridgehead atoms. The molecule has 2 heterocycles. The standard InChI is InChI=1S/C13H17Cl2N3O/c1-8-6-18(7-11(8)17(2)3)13(19)9-4-10(14)12(15)16-5-9/h4-5,8,11H,6-7H2,1-3H3. The highest BCUT2D eigenvalue weighted by Crippen LogP contribution is 2.24. The Labute approximate surface area is 123 Å². The second kappa shape index (κ2) is 5.65. The lowest BCUT2D eigenvalue weighted by molar-refractivity contribution is 0.0781. The number of hydrogen-bond acceptors (Lipinski definition) is 3. The lowest BCUT2D eigenvalue weighted by Gasteiger charge is -2.22. The third-order valence-corrected chi connectivity index (χ3v) is 4.25. The van der Waals surface area contributed by atoms with E-state index in [1.54, 1.807) is 6.07 Å². The molecule has 104 valence electrons. The van der Waals surface area contributed by atoms with Crippen molar-refractivity contribution in [2.24, 2.45) is 5.92 Å². The van der Waals surface area contributed by atoms with Gasteiger partial charge in [0.1, 0.15) is 5.15 Å². The van der Waals surface area contributed by atoms with Gasteiger partial charge in [-0.25, -0.2) is 4.98 Å². The number of halogens is 2. The predicted octanol–water partition coefficient (Wildman–Crippen LogP) is 2.41. The summed E-state index contributed by atoms with van der Waals surface area (Å²) in [5, 5.41) is 0.531. The third-order valence-electron chi connectivity index (χ3n) is 3.57. The number of carbonyl (C=O) groups excluding carboxylic acids is 1. The van der Waals surface area contributed by atoms with E-state index in [4.69, 9.17) is 23.2 Å². The van der Waals surface area contributed by atoms with E-state index in [0.717, 1.165) is 13.1 Å². The minimum Gasteiger partial charge on any atom is -0.337 e. The van der Waals surface area contributed by atoms with Crippen LogP contribution in [0.5, 0.6) is 0 Å². The van der Waals surface area contributed by atoms with Gasteiger partial charge in [-0.1, -0.05) is 30.1 Å². The van der Waals surface area contributed by atoms with Gasteiger partial charge in [0, 0.05) is 25.3 Å². The molecule has 1 aromatic heterocycles. The second-order valence-electron chi connectivity index (χ2n) is 5.22. The number of rotatable bonds is 2. The SMILES string of the molecule is CC1CN(C(=O)c2cnc(Cl)c(Cl)c2)CC1N(C)C. The Hall–Kier alpha value is -0.840. The fourth-order valence-corrected chi connectivity index (χ4v) is 2.78. The second-order valence-corrected chi connectivity index (χ2v) is 5.98. The predicted molar refractivity (Wildman–Crippen MR) is 76.8 cm³/mol. The Morgan fingerprint density at radius 2 is 2.11 bits per heavy atom. The normalized spacial score (nSPS) is 23.2. The van der Waals surface area contributed by atoms with Crippen molar-refractivity contribution in [2.45, 2.75) is 13.0 Å². The minimum atomic E-state index is -0.0396. The highest BCUT2D eigenvalue weighted by Gasteiger charge is 2.34. The number of aromatic nitrogens is 1. The Kier molecular flexibility index (Phi) is 4.33. The molecule has 1 aliphatic rings. The van der Waals surface area contributed by atoms with E-state index in [1.165, 1.54) is 6.20 Å². The van der Waals surface area contributed by atoms with E-state index >= 15 is 0 Å². The first kappa shape index (κ1) is 14.6. The van der Waals surface area contributed by atoms with Gasteiger partial charge >= 0.3 is 0 Å². The van der Waals surface area contributed by atoms with E-state index in [1.807, 2.05) is 19.0 Å². The highest BCUT2D eigenvalue weighted by atomic mass is 35.5. The largest absolute Gasteiger partial charge is 0.337 e. The maximum atomic E-state index is 12.4. The molecular formula is C13H17Cl2N3O. The topological polar surface area (TPSA) is 36.4 Å². The first-order valence-corrected chi connectivity index (χ1v) is 6.92. The van der Waals surface area contributed by atoms with Gasteiger partial charge in [0.15, 0.2) is 0 Å². The van der Waals surface area contributed by atoms with E-state index in [9.17, 15) is 4.79 Å². The van der Waals surface area contributed by atoms with Crippen LogP contribution in [0.25, 0.3) is 0 Å². The summed E-state index contributed by atoms with van der Waals surface area (Å²) in [4.78, 5) is 20.3. The van der Waals surface area contributed by atoms with Crippen LogP contribution in [0.15, 0.2) is 12.3 Å². The molecule has 2 rings (SSSR count). The smallest absolute Gasteiger partial charge is 0.255 e. The zero-order valence-electron chi connectivity index (χ0n) is 11.2. The summed E-state index contributed by atoms with van der Waals surface area (Å²) in [6, 6.07) is 1.96. The fourth-order valence-electron chi connectivity index (χ4n) is 2.51. The summed E-state index contributed by atoms with van der Waals surface area (Å²) in [5.74, 6) is 0.414. The van der Waals surface area contributed by atoms with Crippen molar-refractivity contribution in [1.82, 2.24) is 14.8 Å². The van der Waals surface area contributed by atoms with Crippen molar-refractivity contribution in [1.29, 1.82) is 0 Å². The van der Waals surface area contributed by atoms with Gasteiger partial charge in [-0.15, -0.1) is 0 Å². The quantitative estimate of drug-likeness (QED) is 0.787. The zero-order chi connectivity index (χ0) is 14.2. The maximum Gasteiger partial charge on any atom is 0.255 e. The Morgan fingerprint density at radius 1 is 1.42 bits per heavy atom. The van der Waals surface area contributed by atoms with E-state index in [0.29, 0.717) is 22.5 Å². The molecule has 1 aromatic rings. The molecule has 0 aromatic carbocycles. The Morgan fingerprint density at radius 3 is 2.63 bits per heavy atom. The average Bonchev–Trinajstić information content (AvgIpc) is 2.74. The van der Waals surface area contributed by atoms with Gasteiger partial charge in [-0.2, -0.15) is 0 Å². The van der Waals surface area contributed by atoms with Crippen molar-refractivity contribution >= 4 is 29.1 Å². The van der Waals surface area contributed by atoms with Crippen molar-refractivity contribution in [3.8, 4) is 0 Å². The number of nitrogens with zero attached hydrogens (tertiary/aromatic N) is 3. The lowest BCUT2D eigenvalue weighted by atomic mass is 10.1. The molecule has 2 unspecified atom stereocenters.